The molecule has 1 aliphatic rings. The zero-order valence-corrected chi connectivity index (χ0v) is 19.7. The summed E-state index contributed by atoms with van der Waals surface area (Å²) in [5, 5.41) is 3.45. The highest BCUT2D eigenvalue weighted by atomic mass is 32.2. The smallest absolute Gasteiger partial charge is 0.243 e. The Balaban J connectivity index is 2.07. The summed E-state index contributed by atoms with van der Waals surface area (Å²) in [5.74, 6) is 0.306. The molecule has 1 N–H and O–H groups in total. The van der Waals surface area contributed by atoms with Crippen LogP contribution in [0.5, 0.6) is 0 Å². The Hall–Kier alpha value is -1.82. The van der Waals surface area contributed by atoms with Gasteiger partial charge in [-0.25, -0.2) is 0 Å². The van der Waals surface area contributed by atoms with Crippen molar-refractivity contribution < 1.29 is 14.4 Å². The quantitative estimate of drug-likeness (QED) is 0.612. The van der Waals surface area contributed by atoms with Gasteiger partial charge in [-0.05, 0) is 30.1 Å². The number of likely N-dealkylation sites (tertiary alicyclic amines) is 1. The number of carbonyl (C=O) groups excluding carboxylic acids is 3. The summed E-state index contributed by atoms with van der Waals surface area (Å²) in [5.41, 5.74) is 1.01. The van der Waals surface area contributed by atoms with Crippen molar-refractivity contribution >= 4 is 29.4 Å². The van der Waals surface area contributed by atoms with E-state index in [0.717, 1.165) is 17.7 Å². The molecule has 0 aromatic heterocycles. The zero-order chi connectivity index (χ0) is 22.3. The Labute approximate surface area is 185 Å². The van der Waals surface area contributed by atoms with Gasteiger partial charge in [0, 0.05) is 24.1 Å². The van der Waals surface area contributed by atoms with Crippen molar-refractivity contribution in [3.8, 4) is 0 Å². The van der Waals surface area contributed by atoms with Crippen LogP contribution in [0.4, 0.5) is 0 Å². The molecule has 2 rings (SSSR count). The first-order chi connectivity index (χ1) is 14.2. The standard InChI is InChI=1S/C24H36N2O3S/c1-16(2)22(27)20(14-19-10-7-6-8-11-19)25-23(28)21-12-9-13-26(21)24(29)18(5)15-30-17(3)4/h6-8,10-11,16-18,20-21H,9,12-15H2,1-5H3,(H,25,28)/t18-,20+,21+/m1/s1. The second-order valence-corrected chi connectivity index (χ2v) is 10.4. The molecule has 0 aliphatic carbocycles. The molecule has 0 unspecified atom stereocenters. The molecule has 6 heteroatoms. The monoisotopic (exact) mass is 432 g/mol. The van der Waals surface area contributed by atoms with Gasteiger partial charge in [0.05, 0.1) is 6.04 Å². The second kappa shape index (κ2) is 11.5. The van der Waals surface area contributed by atoms with Gasteiger partial charge in [0.1, 0.15) is 6.04 Å². The molecule has 30 heavy (non-hydrogen) atoms. The first kappa shape index (κ1) is 24.4. The predicted molar refractivity (Wildman–Crippen MR) is 123 cm³/mol. The summed E-state index contributed by atoms with van der Waals surface area (Å²) >= 11 is 1.76. The van der Waals surface area contributed by atoms with Crippen LogP contribution in [-0.2, 0) is 20.8 Å². The number of rotatable bonds is 10. The van der Waals surface area contributed by atoms with Gasteiger partial charge in [-0.1, -0.05) is 65.0 Å². The first-order valence-electron chi connectivity index (χ1n) is 11.0. The van der Waals surface area contributed by atoms with E-state index in [9.17, 15) is 14.4 Å². The van der Waals surface area contributed by atoms with Crippen LogP contribution < -0.4 is 5.32 Å². The van der Waals surface area contributed by atoms with E-state index in [1.165, 1.54) is 0 Å². The van der Waals surface area contributed by atoms with Gasteiger partial charge in [-0.15, -0.1) is 0 Å². The maximum Gasteiger partial charge on any atom is 0.243 e. The minimum Gasteiger partial charge on any atom is -0.344 e. The molecule has 1 heterocycles. The summed E-state index contributed by atoms with van der Waals surface area (Å²) in [6, 6.07) is 8.67. The van der Waals surface area contributed by atoms with Gasteiger partial charge in [0.25, 0.3) is 0 Å². The molecular weight excluding hydrogens is 396 g/mol. The van der Waals surface area contributed by atoms with Crippen molar-refractivity contribution in [2.75, 3.05) is 12.3 Å². The van der Waals surface area contributed by atoms with Crippen LogP contribution in [0.15, 0.2) is 30.3 Å². The Kier molecular flexibility index (Phi) is 9.40. The van der Waals surface area contributed by atoms with Crippen LogP contribution in [0.1, 0.15) is 53.0 Å². The predicted octanol–water partition coefficient (Wildman–Crippen LogP) is 3.71. The highest BCUT2D eigenvalue weighted by Gasteiger charge is 2.37. The van der Waals surface area contributed by atoms with Crippen molar-refractivity contribution in [3.05, 3.63) is 35.9 Å². The highest BCUT2D eigenvalue weighted by molar-refractivity contribution is 7.99. The molecule has 1 saturated heterocycles. The number of thioether (sulfide) groups is 1. The van der Waals surface area contributed by atoms with E-state index in [4.69, 9.17) is 0 Å². The normalized spacial score (nSPS) is 18.5. The Morgan fingerprint density at radius 3 is 2.37 bits per heavy atom. The molecule has 0 saturated carbocycles. The lowest BCUT2D eigenvalue weighted by Gasteiger charge is -2.29. The van der Waals surface area contributed by atoms with Crippen LogP contribution in [0.3, 0.4) is 0 Å². The number of carbonyl (C=O) groups is 3. The number of hydrogen-bond acceptors (Lipinski definition) is 4. The van der Waals surface area contributed by atoms with Gasteiger partial charge in [0.2, 0.25) is 11.8 Å². The molecule has 3 atom stereocenters. The molecule has 1 aromatic rings. The third-order valence-electron chi connectivity index (χ3n) is 5.45. The van der Waals surface area contributed by atoms with Gasteiger partial charge in [-0.3, -0.25) is 14.4 Å². The Morgan fingerprint density at radius 1 is 1.10 bits per heavy atom. The maximum atomic E-state index is 13.1. The summed E-state index contributed by atoms with van der Waals surface area (Å²) in [4.78, 5) is 40.6. The minimum atomic E-state index is -0.577. The molecule has 2 amide bonds. The van der Waals surface area contributed by atoms with Gasteiger partial charge in [-0.2, -0.15) is 11.8 Å². The lowest BCUT2D eigenvalue weighted by Crippen LogP contribution is -2.53. The number of nitrogens with zero attached hydrogens (tertiary/aromatic N) is 1. The number of nitrogens with one attached hydrogen (secondary N) is 1. The summed E-state index contributed by atoms with van der Waals surface area (Å²) in [6.45, 7) is 10.5. The molecule has 1 aliphatic heterocycles. The third-order valence-corrected chi connectivity index (χ3v) is 6.81. The lowest BCUT2D eigenvalue weighted by molar-refractivity contribution is -0.141. The van der Waals surface area contributed by atoms with E-state index in [2.05, 4.69) is 19.2 Å². The van der Waals surface area contributed by atoms with E-state index < -0.39 is 12.1 Å². The van der Waals surface area contributed by atoms with Crippen molar-refractivity contribution in [1.29, 1.82) is 0 Å². The summed E-state index contributed by atoms with van der Waals surface area (Å²) < 4.78 is 0. The second-order valence-electron chi connectivity index (χ2n) is 8.78. The number of hydrogen-bond donors (Lipinski definition) is 1. The van der Waals surface area contributed by atoms with Crippen LogP contribution in [0, 0.1) is 11.8 Å². The number of benzene rings is 1. The van der Waals surface area contributed by atoms with E-state index in [-0.39, 0.29) is 29.4 Å². The van der Waals surface area contributed by atoms with E-state index in [0.29, 0.717) is 24.6 Å². The SMILES string of the molecule is CC(C)SC[C@@H](C)C(=O)N1CCC[C@H]1C(=O)N[C@@H](Cc1ccccc1)C(=O)C(C)C. The first-order valence-corrected chi connectivity index (χ1v) is 12.1. The van der Waals surface area contributed by atoms with Crippen molar-refractivity contribution in [2.45, 2.75) is 71.2 Å². The van der Waals surface area contributed by atoms with Crippen LogP contribution in [0.2, 0.25) is 0 Å². The van der Waals surface area contributed by atoms with E-state index in [1.54, 1.807) is 16.7 Å². The summed E-state index contributed by atoms with van der Waals surface area (Å²) in [7, 11) is 0. The highest BCUT2D eigenvalue weighted by Crippen LogP contribution is 2.23. The molecule has 5 nitrogen and oxygen atoms in total. The largest absolute Gasteiger partial charge is 0.344 e. The fourth-order valence-electron chi connectivity index (χ4n) is 3.74. The molecule has 0 radical (unpaired) electrons. The average molecular weight is 433 g/mol. The van der Waals surface area contributed by atoms with Crippen LogP contribution in [-0.4, -0.2) is 52.1 Å². The topological polar surface area (TPSA) is 66.5 Å². The number of Topliss-reactive ketones (excluding diaryl/α,β-unsaturated/α-hetero) is 1. The van der Waals surface area contributed by atoms with E-state index >= 15 is 0 Å². The number of amides is 2. The molecule has 166 valence electrons. The maximum absolute atomic E-state index is 13.1. The average Bonchev–Trinajstić information content (AvgIpc) is 3.21. The molecule has 0 bridgehead atoms. The minimum absolute atomic E-state index is 0.0183. The van der Waals surface area contributed by atoms with Crippen LogP contribution in [0.25, 0.3) is 0 Å². The number of ketones is 1. The molecule has 1 aromatic carbocycles. The van der Waals surface area contributed by atoms with Gasteiger partial charge >= 0.3 is 0 Å². The Bertz CT molecular complexity index is 720. The third kappa shape index (κ3) is 6.86. The van der Waals surface area contributed by atoms with Crippen molar-refractivity contribution in [2.24, 2.45) is 11.8 Å². The van der Waals surface area contributed by atoms with Crippen molar-refractivity contribution in [1.82, 2.24) is 10.2 Å². The zero-order valence-electron chi connectivity index (χ0n) is 18.9. The fourth-order valence-corrected chi connectivity index (χ4v) is 4.55. The molecule has 0 spiro atoms. The summed E-state index contributed by atoms with van der Waals surface area (Å²) in [6.07, 6.45) is 1.93. The molecule has 1 fully saturated rings. The lowest BCUT2D eigenvalue weighted by atomic mass is 9.95. The van der Waals surface area contributed by atoms with Crippen LogP contribution >= 0.6 is 11.8 Å². The molecular formula is C24H36N2O3S. The van der Waals surface area contributed by atoms with Crippen molar-refractivity contribution in [3.63, 3.8) is 0 Å². The van der Waals surface area contributed by atoms with Gasteiger partial charge < -0.3 is 10.2 Å². The van der Waals surface area contributed by atoms with E-state index in [1.807, 2.05) is 51.1 Å². The fraction of sp³-hybridized carbons (Fsp3) is 0.625. The Morgan fingerprint density at radius 2 is 1.77 bits per heavy atom. The van der Waals surface area contributed by atoms with Gasteiger partial charge in [0.15, 0.2) is 5.78 Å².